The van der Waals surface area contributed by atoms with Gasteiger partial charge < -0.3 is 19.9 Å². The molecule has 1 aliphatic carbocycles. The Morgan fingerprint density at radius 1 is 0.975 bits per heavy atom. The normalized spacial score (nSPS) is 25.0. The Morgan fingerprint density at radius 3 is 2.10 bits per heavy atom. The van der Waals surface area contributed by atoms with Crippen molar-refractivity contribution in [3.05, 3.63) is 20.6 Å². The third-order valence-electron chi connectivity index (χ3n) is 6.42. The maximum atomic E-state index is 12.6. The van der Waals surface area contributed by atoms with Crippen LogP contribution in [0, 0.1) is 21.7 Å². The van der Waals surface area contributed by atoms with Gasteiger partial charge in [-0.05, 0) is 68.3 Å². The number of thiazole rings is 1. The number of hydrogen-bond acceptors (Lipinski definition) is 7. The number of aliphatic hydroxyl groups excluding tert-OH is 2. The molecule has 8 heteroatoms. The Kier molecular flexibility index (Phi) is 30.0. The number of cyclic esters (lactones) is 1. The minimum absolute atomic E-state index is 0.0324. The zero-order valence-corrected chi connectivity index (χ0v) is 29.0. The van der Waals surface area contributed by atoms with E-state index in [1.807, 2.05) is 80.7 Å². The number of fused-ring (bicyclic) bond motifs is 1. The molecule has 1 saturated heterocycles. The average Bonchev–Trinajstić information content (AvgIpc) is 3.61. The number of rotatable bonds is 2. The molecule has 0 bridgehead atoms. The van der Waals surface area contributed by atoms with Gasteiger partial charge in [0.1, 0.15) is 11.9 Å². The van der Waals surface area contributed by atoms with E-state index in [-0.39, 0.29) is 36.6 Å². The van der Waals surface area contributed by atoms with E-state index in [0.717, 1.165) is 48.0 Å². The van der Waals surface area contributed by atoms with Crippen LogP contribution in [-0.2, 0) is 14.3 Å². The second-order valence-electron chi connectivity index (χ2n) is 9.01. The zero-order chi connectivity index (χ0) is 31.7. The molecule has 2 aliphatic rings. The molecule has 2 fully saturated rings. The van der Waals surface area contributed by atoms with Crippen LogP contribution in [0.2, 0.25) is 0 Å². The first-order valence-electron chi connectivity index (χ1n) is 15.5. The fourth-order valence-electron chi connectivity index (χ4n) is 4.29. The number of H-pyrrole nitrogens is 1. The van der Waals surface area contributed by atoms with Gasteiger partial charge in [0, 0.05) is 36.9 Å². The summed E-state index contributed by atoms with van der Waals surface area (Å²) >= 11 is 6.65. The van der Waals surface area contributed by atoms with Crippen molar-refractivity contribution < 1.29 is 24.5 Å². The molecule has 3 N–H and O–H groups in total. The smallest absolute Gasteiger partial charge is 0.306 e. The summed E-state index contributed by atoms with van der Waals surface area (Å²) in [6.45, 7) is 19.8. The summed E-state index contributed by atoms with van der Waals surface area (Å²) in [5.74, 6) is 0.803. The lowest BCUT2D eigenvalue weighted by Crippen LogP contribution is -2.23. The van der Waals surface area contributed by atoms with Crippen LogP contribution in [0.4, 0.5) is 0 Å². The van der Waals surface area contributed by atoms with Crippen molar-refractivity contribution in [1.29, 1.82) is 0 Å². The first kappa shape index (κ1) is 43.1. The molecule has 236 valence electrons. The molecule has 1 aromatic rings. The fourth-order valence-corrected chi connectivity index (χ4v) is 5.09. The van der Waals surface area contributed by atoms with Crippen LogP contribution in [0.25, 0.3) is 6.08 Å². The van der Waals surface area contributed by atoms with Crippen LogP contribution in [0.3, 0.4) is 0 Å². The summed E-state index contributed by atoms with van der Waals surface area (Å²) in [6, 6.07) is 0. The topological polar surface area (TPSA) is 99.6 Å². The quantitative estimate of drug-likeness (QED) is 0.230. The molecule has 6 nitrogen and oxygen atoms in total. The third-order valence-corrected chi connectivity index (χ3v) is 7.50. The monoisotopic (exact) mass is 603 g/mol. The lowest BCUT2D eigenvalue weighted by atomic mass is 9.94. The molecule has 1 aliphatic heterocycles. The van der Waals surface area contributed by atoms with Crippen LogP contribution in [0.5, 0.6) is 0 Å². The van der Waals surface area contributed by atoms with Crippen molar-refractivity contribution in [2.45, 2.75) is 139 Å². The second-order valence-corrected chi connectivity index (χ2v) is 10.6. The highest BCUT2D eigenvalue weighted by Gasteiger charge is 2.39. The number of ether oxygens (including phenoxy) is 1. The predicted octanol–water partition coefficient (Wildman–Crippen LogP) is 9.17. The number of aromatic amines is 1. The fraction of sp³-hybridized carbons (Fsp3) is 0.781. The molecule has 40 heavy (non-hydrogen) atoms. The molecule has 2 heterocycles. The molecular weight excluding hydrogens is 542 g/mol. The minimum Gasteiger partial charge on any atom is -0.458 e. The summed E-state index contributed by atoms with van der Waals surface area (Å²) in [7, 11) is 1.00. The summed E-state index contributed by atoms with van der Waals surface area (Å²) < 4.78 is 6.62. The Bertz CT molecular complexity index is 833. The molecule has 5 atom stereocenters. The van der Waals surface area contributed by atoms with Gasteiger partial charge in [-0.1, -0.05) is 81.6 Å². The first-order valence-corrected chi connectivity index (χ1v) is 16.8. The molecule has 1 aromatic heterocycles. The molecular formula is C32H61NO5S2. The number of carbonyl (C=O) groups is 2. The number of hydrogen-bond donors (Lipinski definition) is 3. The zero-order valence-electron chi connectivity index (χ0n) is 27.3. The van der Waals surface area contributed by atoms with Gasteiger partial charge >= 0.3 is 5.97 Å². The van der Waals surface area contributed by atoms with Crippen LogP contribution in [0.1, 0.15) is 133 Å². The summed E-state index contributed by atoms with van der Waals surface area (Å²) in [6.07, 6.45) is 7.99. The van der Waals surface area contributed by atoms with Gasteiger partial charge in [-0.25, -0.2) is 0 Å². The standard InChI is InChI=1S/C23H33NO4S2.4C2H6.CH4O/c1-14-7-8-22(27)28-21(15(2)9-18-13-30-23(29)24-18)11-17-10-16(17)5-3-4-6-19(25)12-20(14)26;5*1-2/h9,13-14,16-17,19,21,25H,3-8,10-12H2,1-2H3,(H,24,29);4*1-2H3;2H,1H3/b15-9+;;;;;/t14-,16-,17-,19-,21-;;;;;/m0...../s1. The number of esters is 1. The summed E-state index contributed by atoms with van der Waals surface area (Å²) in [5, 5.41) is 19.1. The third kappa shape index (κ3) is 18.9. The maximum absolute atomic E-state index is 12.6. The maximum Gasteiger partial charge on any atom is 0.306 e. The Hall–Kier alpha value is -1.35. The largest absolute Gasteiger partial charge is 0.458 e. The van der Waals surface area contributed by atoms with Gasteiger partial charge in [0.25, 0.3) is 0 Å². The first-order chi connectivity index (χ1) is 19.3. The van der Waals surface area contributed by atoms with Gasteiger partial charge in [0.15, 0.2) is 3.95 Å². The van der Waals surface area contributed by atoms with Crippen LogP contribution in [0.15, 0.2) is 11.0 Å². The van der Waals surface area contributed by atoms with Gasteiger partial charge in [-0.2, -0.15) is 0 Å². The van der Waals surface area contributed by atoms with Crippen molar-refractivity contribution >= 4 is 41.4 Å². The van der Waals surface area contributed by atoms with E-state index in [1.165, 1.54) is 17.8 Å². The number of aromatic nitrogens is 1. The van der Waals surface area contributed by atoms with Gasteiger partial charge in [0.05, 0.1) is 6.10 Å². The average molecular weight is 604 g/mol. The highest BCUT2D eigenvalue weighted by molar-refractivity contribution is 7.73. The Labute approximate surface area is 255 Å². The van der Waals surface area contributed by atoms with E-state index in [0.29, 0.717) is 24.7 Å². The van der Waals surface area contributed by atoms with Gasteiger partial charge in [0.2, 0.25) is 0 Å². The van der Waals surface area contributed by atoms with Crippen molar-refractivity contribution in [1.82, 2.24) is 4.98 Å². The number of carbonyl (C=O) groups excluding carboxylic acids is 2. The number of ketones is 1. The van der Waals surface area contributed by atoms with E-state index < -0.39 is 6.10 Å². The summed E-state index contributed by atoms with van der Waals surface area (Å²) in [5.41, 5.74) is 1.96. The molecule has 0 amide bonds. The van der Waals surface area contributed by atoms with Crippen molar-refractivity contribution in [2.24, 2.45) is 17.8 Å². The van der Waals surface area contributed by atoms with E-state index in [1.54, 1.807) is 0 Å². The van der Waals surface area contributed by atoms with Crippen LogP contribution >= 0.6 is 23.6 Å². The molecule has 0 aromatic carbocycles. The highest BCUT2D eigenvalue weighted by Crippen LogP contribution is 2.46. The van der Waals surface area contributed by atoms with Gasteiger partial charge in [-0.15, -0.1) is 11.3 Å². The lowest BCUT2D eigenvalue weighted by molar-refractivity contribution is -0.148. The molecule has 0 radical (unpaired) electrons. The van der Waals surface area contributed by atoms with E-state index in [2.05, 4.69) is 4.98 Å². The highest BCUT2D eigenvalue weighted by atomic mass is 32.1. The van der Waals surface area contributed by atoms with Crippen LogP contribution in [-0.4, -0.2) is 46.3 Å². The Morgan fingerprint density at radius 2 is 1.55 bits per heavy atom. The Balaban J connectivity index is -0.00000123. The molecule has 0 spiro atoms. The second kappa shape index (κ2) is 27.8. The van der Waals surface area contributed by atoms with Crippen molar-refractivity contribution in [3.63, 3.8) is 0 Å². The predicted molar refractivity (Wildman–Crippen MR) is 175 cm³/mol. The molecule has 0 unspecified atom stereocenters. The minimum atomic E-state index is -0.559. The molecule has 3 rings (SSSR count). The lowest BCUT2D eigenvalue weighted by Gasteiger charge is -2.20. The van der Waals surface area contributed by atoms with E-state index in [9.17, 15) is 14.7 Å². The van der Waals surface area contributed by atoms with Crippen LogP contribution < -0.4 is 0 Å². The SMILES string of the molecule is C/C(=C\c1csc(=S)[nH]1)[C@@H]1C[C@@H]2C[C@@H]2CCCC[C@H](O)CC(=O)[C@@H](C)CCC(=O)O1.CC.CC.CC.CC.CO. The number of Topliss-reactive ketones (excluding diaryl/α,β-unsaturated/α-hetero) is 1. The van der Waals surface area contributed by atoms with Crippen molar-refractivity contribution in [3.8, 4) is 0 Å². The van der Waals surface area contributed by atoms with Crippen molar-refractivity contribution in [2.75, 3.05) is 7.11 Å². The van der Waals surface area contributed by atoms with E-state index >= 15 is 0 Å². The number of nitrogens with one attached hydrogen (secondary N) is 1. The van der Waals surface area contributed by atoms with Gasteiger partial charge in [-0.3, -0.25) is 9.59 Å². The number of aliphatic hydroxyl groups is 2. The summed E-state index contributed by atoms with van der Waals surface area (Å²) in [4.78, 5) is 28.0. The molecule has 1 saturated carbocycles. The van der Waals surface area contributed by atoms with E-state index in [4.69, 9.17) is 22.1 Å².